The molecule has 20 heavy (non-hydrogen) atoms. The molecule has 1 heterocycles. The first kappa shape index (κ1) is 12.9. The van der Waals surface area contributed by atoms with Gasteiger partial charge in [0.2, 0.25) is 0 Å². The molecule has 0 N–H and O–H groups in total. The van der Waals surface area contributed by atoms with Crippen LogP contribution in [0.5, 0.6) is 0 Å². The molecule has 0 aliphatic rings. The zero-order valence-electron chi connectivity index (χ0n) is 10.6. The topological polar surface area (TPSA) is 17.8 Å². The van der Waals surface area contributed by atoms with Crippen molar-refractivity contribution in [1.82, 2.24) is 9.55 Å². The van der Waals surface area contributed by atoms with Crippen molar-refractivity contribution in [2.45, 2.75) is 6.54 Å². The summed E-state index contributed by atoms with van der Waals surface area (Å²) in [5, 5.41) is 0.428. The van der Waals surface area contributed by atoms with Crippen molar-refractivity contribution in [3.63, 3.8) is 0 Å². The molecule has 0 atom stereocenters. The molecular formula is C16H12ClFN2. The summed E-state index contributed by atoms with van der Waals surface area (Å²) in [4.78, 5) is 4.38. The number of aromatic nitrogens is 2. The van der Waals surface area contributed by atoms with Crippen LogP contribution in [0.25, 0.3) is 11.4 Å². The lowest BCUT2D eigenvalue weighted by Crippen LogP contribution is -2.02. The third-order valence-corrected chi connectivity index (χ3v) is 3.46. The second-order valence-electron chi connectivity index (χ2n) is 4.48. The van der Waals surface area contributed by atoms with Crippen molar-refractivity contribution in [3.05, 3.63) is 77.3 Å². The largest absolute Gasteiger partial charge is 0.327 e. The van der Waals surface area contributed by atoms with Gasteiger partial charge in [0.1, 0.15) is 11.6 Å². The number of halogens is 2. The molecule has 100 valence electrons. The number of imidazole rings is 1. The van der Waals surface area contributed by atoms with E-state index in [9.17, 15) is 4.39 Å². The van der Waals surface area contributed by atoms with Crippen molar-refractivity contribution >= 4 is 11.6 Å². The van der Waals surface area contributed by atoms with Gasteiger partial charge in [0.15, 0.2) is 0 Å². The van der Waals surface area contributed by atoms with Crippen molar-refractivity contribution in [2.75, 3.05) is 0 Å². The van der Waals surface area contributed by atoms with Gasteiger partial charge in [0, 0.05) is 23.0 Å². The molecule has 2 nitrogen and oxygen atoms in total. The van der Waals surface area contributed by atoms with Crippen LogP contribution in [0, 0.1) is 5.82 Å². The quantitative estimate of drug-likeness (QED) is 0.698. The Hall–Kier alpha value is -2.13. The molecule has 0 aliphatic heterocycles. The maximum atomic E-state index is 13.1. The molecule has 4 heteroatoms. The van der Waals surface area contributed by atoms with E-state index in [0.29, 0.717) is 11.6 Å². The van der Waals surface area contributed by atoms with Crippen molar-refractivity contribution < 1.29 is 4.39 Å². The van der Waals surface area contributed by atoms with Crippen LogP contribution in [0.3, 0.4) is 0 Å². The van der Waals surface area contributed by atoms with Gasteiger partial charge in [-0.25, -0.2) is 9.37 Å². The Balaban J connectivity index is 1.95. The number of hydrogen-bond acceptors (Lipinski definition) is 1. The Bertz CT molecular complexity index is 722. The molecular weight excluding hydrogens is 275 g/mol. The van der Waals surface area contributed by atoms with Gasteiger partial charge in [-0.1, -0.05) is 48.0 Å². The highest BCUT2D eigenvalue weighted by atomic mass is 35.5. The predicted octanol–water partition coefficient (Wildman–Crippen LogP) is 4.39. The van der Waals surface area contributed by atoms with E-state index >= 15 is 0 Å². The second-order valence-corrected chi connectivity index (χ2v) is 4.89. The van der Waals surface area contributed by atoms with Gasteiger partial charge in [-0.05, 0) is 17.7 Å². The normalized spacial score (nSPS) is 10.7. The monoisotopic (exact) mass is 286 g/mol. The van der Waals surface area contributed by atoms with Gasteiger partial charge in [-0.15, -0.1) is 0 Å². The van der Waals surface area contributed by atoms with E-state index in [0.717, 1.165) is 17.0 Å². The molecule has 0 bridgehead atoms. The Morgan fingerprint density at radius 1 is 1.10 bits per heavy atom. The third kappa shape index (κ3) is 2.58. The van der Waals surface area contributed by atoms with Gasteiger partial charge in [0.05, 0.1) is 6.54 Å². The van der Waals surface area contributed by atoms with Crippen LogP contribution in [0.15, 0.2) is 60.9 Å². The summed E-state index contributed by atoms with van der Waals surface area (Å²) < 4.78 is 15.1. The van der Waals surface area contributed by atoms with E-state index in [1.54, 1.807) is 12.3 Å². The number of hydrogen-bond donors (Lipinski definition) is 0. The minimum Gasteiger partial charge on any atom is -0.327 e. The van der Waals surface area contributed by atoms with Crippen molar-refractivity contribution in [2.24, 2.45) is 0 Å². The van der Waals surface area contributed by atoms with Crippen LogP contribution < -0.4 is 0 Å². The summed E-state index contributed by atoms with van der Waals surface area (Å²) in [6, 6.07) is 14.4. The van der Waals surface area contributed by atoms with Gasteiger partial charge in [0.25, 0.3) is 0 Å². The zero-order valence-corrected chi connectivity index (χ0v) is 11.4. The summed E-state index contributed by atoms with van der Waals surface area (Å²) >= 11 is 6.07. The van der Waals surface area contributed by atoms with Crippen LogP contribution in [0.4, 0.5) is 4.39 Å². The fraction of sp³-hybridized carbons (Fsp3) is 0.0625. The van der Waals surface area contributed by atoms with E-state index in [-0.39, 0.29) is 5.82 Å². The van der Waals surface area contributed by atoms with Gasteiger partial charge in [-0.2, -0.15) is 0 Å². The van der Waals surface area contributed by atoms with Crippen LogP contribution in [-0.4, -0.2) is 9.55 Å². The maximum Gasteiger partial charge on any atom is 0.140 e. The van der Waals surface area contributed by atoms with E-state index in [4.69, 9.17) is 11.6 Å². The minimum absolute atomic E-state index is 0.326. The van der Waals surface area contributed by atoms with Crippen molar-refractivity contribution in [3.8, 4) is 11.4 Å². The first-order valence-electron chi connectivity index (χ1n) is 6.24. The van der Waals surface area contributed by atoms with Crippen LogP contribution >= 0.6 is 11.6 Å². The molecule has 0 fully saturated rings. The highest BCUT2D eigenvalue weighted by Crippen LogP contribution is 2.22. The number of benzene rings is 2. The second kappa shape index (κ2) is 5.47. The first-order chi connectivity index (χ1) is 9.74. The van der Waals surface area contributed by atoms with Crippen LogP contribution in [-0.2, 0) is 6.54 Å². The summed E-state index contributed by atoms with van der Waals surface area (Å²) in [5.41, 5.74) is 1.90. The van der Waals surface area contributed by atoms with Crippen molar-refractivity contribution in [1.29, 1.82) is 0 Å². The highest BCUT2D eigenvalue weighted by molar-refractivity contribution is 6.31. The molecule has 0 amide bonds. The minimum atomic E-state index is -0.326. The number of rotatable bonds is 3. The molecule has 3 aromatic rings. The average molecular weight is 287 g/mol. The van der Waals surface area contributed by atoms with E-state index < -0.39 is 0 Å². The Kier molecular flexibility index (Phi) is 3.52. The van der Waals surface area contributed by atoms with Crippen LogP contribution in [0.2, 0.25) is 5.02 Å². The van der Waals surface area contributed by atoms with Gasteiger partial charge >= 0.3 is 0 Å². The standard InChI is InChI=1S/C16H12ClFN2/c17-15-10-14(18)7-6-13(15)11-20-9-8-19-16(20)12-4-2-1-3-5-12/h1-10H,11H2. The molecule has 0 unspecified atom stereocenters. The summed E-state index contributed by atoms with van der Waals surface area (Å²) in [6.07, 6.45) is 3.64. The molecule has 3 rings (SSSR count). The fourth-order valence-corrected chi connectivity index (χ4v) is 2.34. The molecule has 1 aromatic heterocycles. The highest BCUT2D eigenvalue weighted by Gasteiger charge is 2.08. The molecule has 2 aromatic carbocycles. The van der Waals surface area contributed by atoms with E-state index in [2.05, 4.69) is 4.98 Å². The van der Waals surface area contributed by atoms with E-state index in [1.165, 1.54) is 12.1 Å². The summed E-state index contributed by atoms with van der Waals surface area (Å²) in [7, 11) is 0. The molecule has 0 saturated heterocycles. The predicted molar refractivity (Wildman–Crippen MR) is 78.2 cm³/mol. The fourth-order valence-electron chi connectivity index (χ4n) is 2.12. The van der Waals surface area contributed by atoms with Crippen LogP contribution in [0.1, 0.15) is 5.56 Å². The summed E-state index contributed by atoms with van der Waals surface area (Å²) in [5.74, 6) is 0.540. The lowest BCUT2D eigenvalue weighted by atomic mass is 10.2. The molecule has 0 spiro atoms. The first-order valence-corrected chi connectivity index (χ1v) is 6.62. The van der Waals surface area contributed by atoms with Gasteiger partial charge in [-0.3, -0.25) is 0 Å². The molecule has 0 aliphatic carbocycles. The number of nitrogens with zero attached hydrogens (tertiary/aromatic N) is 2. The maximum absolute atomic E-state index is 13.1. The third-order valence-electron chi connectivity index (χ3n) is 3.10. The lowest BCUT2D eigenvalue weighted by molar-refractivity contribution is 0.626. The molecule has 0 saturated carbocycles. The lowest BCUT2D eigenvalue weighted by Gasteiger charge is -2.09. The van der Waals surface area contributed by atoms with E-state index in [1.807, 2.05) is 41.1 Å². The summed E-state index contributed by atoms with van der Waals surface area (Å²) in [6.45, 7) is 0.559. The Labute approximate surface area is 121 Å². The van der Waals surface area contributed by atoms with Gasteiger partial charge < -0.3 is 4.57 Å². The smallest absolute Gasteiger partial charge is 0.140 e. The Morgan fingerprint density at radius 2 is 1.90 bits per heavy atom. The zero-order chi connectivity index (χ0) is 13.9. The SMILES string of the molecule is Fc1ccc(Cn2ccnc2-c2ccccc2)c(Cl)c1. The molecule has 0 radical (unpaired) electrons. The Morgan fingerprint density at radius 3 is 2.65 bits per heavy atom. The average Bonchev–Trinajstić information content (AvgIpc) is 2.91.